The molecule has 7 nitrogen and oxygen atoms in total. The van der Waals surface area contributed by atoms with E-state index in [1.807, 2.05) is 5.38 Å². The van der Waals surface area contributed by atoms with Crippen LogP contribution in [0.25, 0.3) is 10.2 Å². The molecule has 22 heavy (non-hydrogen) atoms. The molecule has 3 heterocycles. The van der Waals surface area contributed by atoms with Crippen molar-refractivity contribution in [3.05, 3.63) is 39.5 Å². The second-order valence-corrected chi connectivity index (χ2v) is 7.95. The lowest BCUT2D eigenvalue weighted by Crippen LogP contribution is -2.29. The number of hydrogen-bond acceptors (Lipinski definition) is 8. The Bertz CT molecular complexity index is 932. The van der Waals surface area contributed by atoms with E-state index in [1.54, 1.807) is 23.6 Å². The first kappa shape index (κ1) is 15.0. The highest BCUT2D eigenvalue weighted by molar-refractivity contribution is 7.88. The summed E-state index contributed by atoms with van der Waals surface area (Å²) in [6, 6.07) is 5.25. The predicted molar refractivity (Wildman–Crippen MR) is 86.8 cm³/mol. The van der Waals surface area contributed by atoms with Crippen LogP contribution in [0.5, 0.6) is 0 Å². The number of rotatable bonds is 5. The summed E-state index contributed by atoms with van der Waals surface area (Å²) in [6.07, 6.45) is 1.00. The molecule has 0 amide bonds. The van der Waals surface area contributed by atoms with Crippen LogP contribution in [0.2, 0.25) is 0 Å². The maximum Gasteiger partial charge on any atom is 0.239 e. The van der Waals surface area contributed by atoms with Crippen LogP contribution in [0, 0.1) is 0 Å². The number of thiophene rings is 2. The van der Waals surface area contributed by atoms with Crippen molar-refractivity contribution < 1.29 is 13.2 Å². The normalized spacial score (nSPS) is 11.7. The van der Waals surface area contributed by atoms with Crippen molar-refractivity contribution in [1.82, 2.24) is 14.8 Å². The summed E-state index contributed by atoms with van der Waals surface area (Å²) in [5.74, 6) is -0.191. The Balaban J connectivity index is 2.04. The second-order valence-electron chi connectivity index (χ2n) is 4.34. The maximum absolute atomic E-state index is 12.5. The molecule has 0 saturated heterocycles. The molecule has 0 saturated carbocycles. The Morgan fingerprint density at radius 3 is 2.68 bits per heavy atom. The Morgan fingerprint density at radius 1 is 1.18 bits per heavy atom. The smallest absolute Gasteiger partial charge is 0.239 e. The van der Waals surface area contributed by atoms with Crippen molar-refractivity contribution in [3.8, 4) is 0 Å². The van der Waals surface area contributed by atoms with Gasteiger partial charge in [0.1, 0.15) is 5.69 Å². The van der Waals surface area contributed by atoms with E-state index in [0.717, 1.165) is 6.26 Å². The zero-order chi connectivity index (χ0) is 15.7. The summed E-state index contributed by atoms with van der Waals surface area (Å²) < 4.78 is 22.9. The molecular formula is C12H10N4O3S3. The molecule has 3 aromatic rings. The molecule has 0 aromatic carbocycles. The van der Waals surface area contributed by atoms with Crippen LogP contribution in [0.1, 0.15) is 15.4 Å². The summed E-state index contributed by atoms with van der Waals surface area (Å²) in [5.41, 5.74) is 3.23. The third-order valence-corrected chi connectivity index (χ3v) is 4.86. The molecule has 0 atom stereocenters. The number of hydrazine groups is 1. The van der Waals surface area contributed by atoms with Gasteiger partial charge >= 0.3 is 0 Å². The number of fused-ring (bicyclic) bond motifs is 1. The van der Waals surface area contributed by atoms with Gasteiger partial charge in [0.15, 0.2) is 0 Å². The van der Waals surface area contributed by atoms with Gasteiger partial charge in [0, 0.05) is 0 Å². The Labute approximate surface area is 134 Å². The summed E-state index contributed by atoms with van der Waals surface area (Å²) in [6.45, 7) is 0. The number of ketones is 1. The van der Waals surface area contributed by atoms with Gasteiger partial charge in [-0.3, -0.25) is 10.2 Å². The van der Waals surface area contributed by atoms with Crippen molar-refractivity contribution >= 4 is 54.6 Å². The molecule has 10 heteroatoms. The fraction of sp³-hybridized carbons (Fsp3) is 0.0833. The van der Waals surface area contributed by atoms with Crippen molar-refractivity contribution in [2.75, 3.05) is 11.7 Å². The molecule has 114 valence electrons. The first-order chi connectivity index (χ1) is 10.4. The Kier molecular flexibility index (Phi) is 3.91. The summed E-state index contributed by atoms with van der Waals surface area (Å²) in [5, 5.41) is 3.61. The highest BCUT2D eigenvalue weighted by Gasteiger charge is 2.18. The molecule has 0 aliphatic heterocycles. The van der Waals surface area contributed by atoms with Crippen LogP contribution in [-0.4, -0.2) is 30.4 Å². The molecule has 0 fully saturated rings. The van der Waals surface area contributed by atoms with Gasteiger partial charge < -0.3 is 0 Å². The maximum atomic E-state index is 12.5. The molecule has 0 radical (unpaired) electrons. The number of nitrogens with zero attached hydrogens (tertiary/aromatic N) is 2. The molecule has 3 aromatic heterocycles. The predicted octanol–water partition coefficient (Wildman–Crippen LogP) is 1.86. The van der Waals surface area contributed by atoms with Crippen molar-refractivity contribution in [3.63, 3.8) is 0 Å². The number of carbonyl (C=O) groups is 1. The van der Waals surface area contributed by atoms with Crippen LogP contribution in [-0.2, 0) is 10.0 Å². The SMILES string of the molecule is CS(=O)(=O)NNc1nc(C(=O)c2cccs2)c2sccc2n1. The van der Waals surface area contributed by atoms with Crippen molar-refractivity contribution in [1.29, 1.82) is 0 Å². The molecule has 0 spiro atoms. The summed E-state index contributed by atoms with van der Waals surface area (Å²) in [7, 11) is -3.46. The minimum atomic E-state index is -3.46. The quantitative estimate of drug-likeness (QED) is 0.536. The van der Waals surface area contributed by atoms with Crippen LogP contribution >= 0.6 is 22.7 Å². The highest BCUT2D eigenvalue weighted by atomic mass is 32.2. The summed E-state index contributed by atoms with van der Waals surface area (Å²) in [4.78, 5) is 23.5. The average Bonchev–Trinajstić information content (AvgIpc) is 3.13. The number of nitrogens with one attached hydrogen (secondary N) is 2. The Hall–Kier alpha value is -1.88. The molecular weight excluding hydrogens is 344 g/mol. The van der Waals surface area contributed by atoms with Gasteiger partial charge in [-0.25, -0.2) is 18.4 Å². The van der Waals surface area contributed by atoms with Crippen molar-refractivity contribution in [2.45, 2.75) is 0 Å². The summed E-state index contributed by atoms with van der Waals surface area (Å²) >= 11 is 2.69. The molecule has 2 N–H and O–H groups in total. The van der Waals surface area contributed by atoms with Gasteiger partial charge in [-0.15, -0.1) is 27.5 Å². The second kappa shape index (κ2) is 5.72. The van der Waals surface area contributed by atoms with E-state index in [9.17, 15) is 13.2 Å². The van der Waals surface area contributed by atoms with E-state index >= 15 is 0 Å². The zero-order valence-electron chi connectivity index (χ0n) is 11.2. The van der Waals surface area contributed by atoms with Gasteiger partial charge in [-0.1, -0.05) is 6.07 Å². The first-order valence-electron chi connectivity index (χ1n) is 6.00. The molecule has 3 rings (SSSR count). The van der Waals surface area contributed by atoms with E-state index in [-0.39, 0.29) is 17.4 Å². The lowest BCUT2D eigenvalue weighted by Gasteiger charge is -2.07. The number of hydrogen-bond donors (Lipinski definition) is 2. The van der Waals surface area contributed by atoms with E-state index in [2.05, 4.69) is 20.2 Å². The number of carbonyl (C=O) groups excluding carboxylic acids is 1. The Morgan fingerprint density at radius 2 is 2.00 bits per heavy atom. The number of aromatic nitrogens is 2. The first-order valence-corrected chi connectivity index (χ1v) is 9.65. The van der Waals surface area contributed by atoms with E-state index in [1.165, 1.54) is 22.7 Å². The topological polar surface area (TPSA) is 101 Å². The highest BCUT2D eigenvalue weighted by Crippen LogP contribution is 2.26. The van der Waals surface area contributed by atoms with E-state index < -0.39 is 10.0 Å². The largest absolute Gasteiger partial charge is 0.286 e. The molecule has 0 aliphatic carbocycles. The van der Waals surface area contributed by atoms with E-state index in [0.29, 0.717) is 15.1 Å². The van der Waals surface area contributed by atoms with E-state index in [4.69, 9.17) is 0 Å². The van der Waals surface area contributed by atoms with Crippen molar-refractivity contribution in [2.24, 2.45) is 0 Å². The fourth-order valence-corrected chi connectivity index (χ4v) is 3.49. The van der Waals surface area contributed by atoms with Crippen LogP contribution < -0.4 is 10.3 Å². The lowest BCUT2D eigenvalue weighted by molar-refractivity contribution is 0.103. The zero-order valence-corrected chi connectivity index (χ0v) is 13.7. The minimum Gasteiger partial charge on any atom is -0.286 e. The molecule has 0 unspecified atom stereocenters. The monoisotopic (exact) mass is 354 g/mol. The molecule has 0 aliphatic rings. The van der Waals surface area contributed by atoms with Gasteiger partial charge in [0.2, 0.25) is 21.8 Å². The average molecular weight is 354 g/mol. The van der Waals surface area contributed by atoms with Crippen LogP contribution in [0.15, 0.2) is 29.0 Å². The third kappa shape index (κ3) is 3.14. The number of anilines is 1. The third-order valence-electron chi connectivity index (χ3n) is 2.61. The fourth-order valence-electron chi connectivity index (χ4n) is 1.74. The van der Waals surface area contributed by atoms with Crippen LogP contribution in [0.4, 0.5) is 5.95 Å². The van der Waals surface area contributed by atoms with Gasteiger partial charge in [-0.05, 0) is 22.9 Å². The van der Waals surface area contributed by atoms with Gasteiger partial charge in [-0.2, -0.15) is 0 Å². The molecule has 0 bridgehead atoms. The lowest BCUT2D eigenvalue weighted by atomic mass is 10.2. The minimum absolute atomic E-state index is 0.0243. The number of sulfonamides is 1. The van der Waals surface area contributed by atoms with Gasteiger partial charge in [0.25, 0.3) is 0 Å². The standard InChI is InChI=1S/C12H10N4O3S3/c1-22(18,19)16-15-12-13-7-4-6-21-11(7)9(14-12)10(17)8-3-2-5-20-8/h2-6,16H,1H3,(H,13,14,15). The van der Waals surface area contributed by atoms with Gasteiger partial charge in [0.05, 0.1) is 21.3 Å². The van der Waals surface area contributed by atoms with Crippen LogP contribution in [0.3, 0.4) is 0 Å².